The molecule has 0 bridgehead atoms. The predicted molar refractivity (Wildman–Crippen MR) is 82.4 cm³/mol. The molecule has 7 heteroatoms. The van der Waals surface area contributed by atoms with Gasteiger partial charge < -0.3 is 14.4 Å². The Hall–Kier alpha value is -2.54. The van der Waals surface area contributed by atoms with E-state index in [1.807, 2.05) is 4.90 Å². The van der Waals surface area contributed by atoms with Gasteiger partial charge in [0.2, 0.25) is 11.8 Å². The van der Waals surface area contributed by atoms with E-state index in [4.69, 9.17) is 9.47 Å². The molecule has 0 spiro atoms. The number of halogens is 1. The van der Waals surface area contributed by atoms with E-state index in [9.17, 15) is 9.18 Å². The molecule has 0 saturated carbocycles. The fourth-order valence-corrected chi connectivity index (χ4v) is 2.46. The summed E-state index contributed by atoms with van der Waals surface area (Å²) in [6.07, 6.45) is 2.00. The number of aldehydes is 1. The van der Waals surface area contributed by atoms with Gasteiger partial charge in [0.05, 0.1) is 31.5 Å². The minimum atomic E-state index is -0.608. The third kappa shape index (κ3) is 3.00. The molecule has 1 fully saturated rings. The molecular weight excluding hydrogens is 301 g/mol. The lowest BCUT2D eigenvalue weighted by Gasteiger charge is -2.27. The van der Waals surface area contributed by atoms with E-state index in [0.29, 0.717) is 44.1 Å². The molecule has 2 aromatic rings. The Bertz CT molecular complexity index is 718. The Morgan fingerprint density at radius 2 is 2.09 bits per heavy atom. The molecule has 0 radical (unpaired) electrons. The van der Waals surface area contributed by atoms with Crippen molar-refractivity contribution in [3.8, 4) is 17.0 Å². The molecule has 23 heavy (non-hydrogen) atoms. The van der Waals surface area contributed by atoms with Crippen LogP contribution in [0.2, 0.25) is 0 Å². The summed E-state index contributed by atoms with van der Waals surface area (Å²) in [6, 6.07) is 4.59. The molecule has 1 aromatic heterocycles. The highest BCUT2D eigenvalue weighted by Crippen LogP contribution is 2.32. The molecule has 120 valence electrons. The first kappa shape index (κ1) is 15.4. The molecule has 0 unspecified atom stereocenters. The number of anilines is 1. The van der Waals surface area contributed by atoms with Gasteiger partial charge in [0.15, 0.2) is 6.29 Å². The summed E-state index contributed by atoms with van der Waals surface area (Å²) < 4.78 is 25.0. The number of hydrogen-bond donors (Lipinski definition) is 0. The van der Waals surface area contributed by atoms with Crippen molar-refractivity contribution >= 4 is 12.2 Å². The number of aromatic nitrogens is 2. The van der Waals surface area contributed by atoms with Gasteiger partial charge in [0.25, 0.3) is 0 Å². The first-order valence-electron chi connectivity index (χ1n) is 7.22. The third-order valence-corrected chi connectivity index (χ3v) is 3.67. The molecule has 1 aliphatic heterocycles. The summed E-state index contributed by atoms with van der Waals surface area (Å²) in [4.78, 5) is 21.6. The maximum atomic E-state index is 14.4. The molecule has 0 aliphatic carbocycles. The van der Waals surface area contributed by atoms with Crippen LogP contribution in [0.4, 0.5) is 10.3 Å². The van der Waals surface area contributed by atoms with Crippen molar-refractivity contribution in [3.63, 3.8) is 0 Å². The average Bonchev–Trinajstić information content (AvgIpc) is 2.62. The number of carbonyl (C=O) groups excluding carboxylic acids is 1. The number of methoxy groups -OCH3 is 1. The summed E-state index contributed by atoms with van der Waals surface area (Å²) in [7, 11) is 1.47. The highest BCUT2D eigenvalue weighted by Gasteiger charge is 2.19. The Morgan fingerprint density at radius 1 is 1.30 bits per heavy atom. The Labute approximate surface area is 132 Å². The van der Waals surface area contributed by atoms with Crippen molar-refractivity contribution in [2.45, 2.75) is 0 Å². The lowest BCUT2D eigenvalue weighted by atomic mass is 10.0. The quantitative estimate of drug-likeness (QED) is 0.803. The zero-order chi connectivity index (χ0) is 16.2. The van der Waals surface area contributed by atoms with Crippen molar-refractivity contribution in [1.29, 1.82) is 0 Å². The smallest absolute Gasteiger partial charge is 0.228 e. The van der Waals surface area contributed by atoms with Gasteiger partial charge in [-0.15, -0.1) is 0 Å². The lowest BCUT2D eigenvalue weighted by Crippen LogP contribution is -2.37. The Morgan fingerprint density at radius 3 is 2.78 bits per heavy atom. The maximum Gasteiger partial charge on any atom is 0.228 e. The van der Waals surface area contributed by atoms with Gasteiger partial charge in [-0.2, -0.15) is 4.98 Å². The van der Waals surface area contributed by atoms with Crippen LogP contribution in [0.5, 0.6) is 5.88 Å². The van der Waals surface area contributed by atoms with Crippen LogP contribution in [0.15, 0.2) is 24.4 Å². The molecule has 3 rings (SSSR count). The van der Waals surface area contributed by atoms with E-state index < -0.39 is 5.82 Å². The summed E-state index contributed by atoms with van der Waals surface area (Å²) in [5, 5.41) is 0. The van der Waals surface area contributed by atoms with E-state index in [0.717, 1.165) is 0 Å². The first-order valence-corrected chi connectivity index (χ1v) is 7.22. The van der Waals surface area contributed by atoms with Gasteiger partial charge in [0, 0.05) is 24.8 Å². The van der Waals surface area contributed by atoms with E-state index in [1.165, 1.54) is 19.4 Å². The normalized spacial score (nSPS) is 14.6. The molecule has 1 aliphatic rings. The van der Waals surface area contributed by atoms with Crippen LogP contribution in [-0.2, 0) is 4.74 Å². The molecular formula is C16H16FN3O3. The van der Waals surface area contributed by atoms with Gasteiger partial charge in [-0.1, -0.05) is 12.1 Å². The van der Waals surface area contributed by atoms with Crippen molar-refractivity contribution in [1.82, 2.24) is 9.97 Å². The third-order valence-electron chi connectivity index (χ3n) is 3.67. The largest absolute Gasteiger partial charge is 0.480 e. The van der Waals surface area contributed by atoms with Crippen LogP contribution in [-0.4, -0.2) is 49.7 Å². The maximum absolute atomic E-state index is 14.4. The Kier molecular flexibility index (Phi) is 4.47. The van der Waals surface area contributed by atoms with Gasteiger partial charge in [0.1, 0.15) is 5.82 Å². The lowest BCUT2D eigenvalue weighted by molar-refractivity contribution is 0.112. The fraction of sp³-hybridized carbons (Fsp3) is 0.312. The molecule has 0 N–H and O–H groups in total. The van der Waals surface area contributed by atoms with Gasteiger partial charge in [-0.25, -0.2) is 9.37 Å². The number of benzene rings is 1. The fourth-order valence-electron chi connectivity index (χ4n) is 2.46. The molecule has 0 amide bonds. The van der Waals surface area contributed by atoms with Crippen LogP contribution in [0.25, 0.3) is 11.1 Å². The van der Waals surface area contributed by atoms with Gasteiger partial charge in [-0.3, -0.25) is 4.79 Å². The molecule has 2 heterocycles. The summed E-state index contributed by atoms with van der Waals surface area (Å²) in [5.41, 5.74) is 0.632. The second-order valence-corrected chi connectivity index (χ2v) is 5.02. The second-order valence-electron chi connectivity index (χ2n) is 5.02. The van der Waals surface area contributed by atoms with Crippen LogP contribution >= 0.6 is 0 Å². The first-order chi connectivity index (χ1) is 11.2. The van der Waals surface area contributed by atoms with Crippen molar-refractivity contribution in [2.24, 2.45) is 0 Å². The van der Waals surface area contributed by atoms with E-state index >= 15 is 0 Å². The number of carbonyl (C=O) groups is 1. The summed E-state index contributed by atoms with van der Waals surface area (Å²) >= 11 is 0. The van der Waals surface area contributed by atoms with Crippen LogP contribution in [0, 0.1) is 5.82 Å². The van der Waals surface area contributed by atoms with Crippen molar-refractivity contribution < 1.29 is 18.7 Å². The number of rotatable bonds is 4. The minimum Gasteiger partial charge on any atom is -0.480 e. The van der Waals surface area contributed by atoms with Crippen LogP contribution < -0.4 is 9.64 Å². The average molecular weight is 317 g/mol. The minimum absolute atomic E-state index is 0.0122. The SMILES string of the molecule is COc1nc(N2CCOCC2)ncc1-c1cccc(C=O)c1F. The number of morpholine rings is 1. The van der Waals surface area contributed by atoms with E-state index in [2.05, 4.69) is 9.97 Å². The molecule has 1 saturated heterocycles. The zero-order valence-electron chi connectivity index (χ0n) is 12.7. The zero-order valence-corrected chi connectivity index (χ0v) is 12.7. The molecule has 0 atom stereocenters. The summed E-state index contributed by atoms with van der Waals surface area (Å²) in [6.45, 7) is 2.61. The van der Waals surface area contributed by atoms with E-state index in [-0.39, 0.29) is 17.0 Å². The standard InChI is InChI=1S/C16H16FN3O3/c1-22-15-13(12-4-2-3-11(10-21)14(12)17)9-18-16(19-15)20-5-7-23-8-6-20/h2-4,9-10H,5-8H2,1H3. The second kappa shape index (κ2) is 6.70. The number of ether oxygens (including phenoxy) is 2. The van der Waals surface area contributed by atoms with Gasteiger partial charge in [-0.05, 0) is 6.07 Å². The highest BCUT2D eigenvalue weighted by molar-refractivity contribution is 5.80. The monoisotopic (exact) mass is 317 g/mol. The molecule has 6 nitrogen and oxygen atoms in total. The molecule has 1 aromatic carbocycles. The van der Waals surface area contributed by atoms with Gasteiger partial charge >= 0.3 is 0 Å². The number of nitrogens with zero attached hydrogens (tertiary/aromatic N) is 3. The highest BCUT2D eigenvalue weighted by atomic mass is 19.1. The van der Waals surface area contributed by atoms with Crippen LogP contribution in [0.3, 0.4) is 0 Å². The number of hydrogen-bond acceptors (Lipinski definition) is 6. The van der Waals surface area contributed by atoms with E-state index in [1.54, 1.807) is 12.1 Å². The predicted octanol–water partition coefficient (Wildman–Crippen LogP) is 1.94. The Balaban J connectivity index is 2.01. The van der Waals surface area contributed by atoms with Crippen LogP contribution in [0.1, 0.15) is 10.4 Å². The summed E-state index contributed by atoms with van der Waals surface area (Å²) in [5.74, 6) is 0.174. The topological polar surface area (TPSA) is 64.6 Å². The van der Waals surface area contributed by atoms with Crippen molar-refractivity contribution in [2.75, 3.05) is 38.3 Å². The van der Waals surface area contributed by atoms with Crippen molar-refractivity contribution in [3.05, 3.63) is 35.8 Å².